The molecule has 0 aromatic rings. The normalized spacial score (nSPS) is 14.5. The molecule has 0 bridgehead atoms. The second kappa shape index (κ2) is 42.9. The summed E-state index contributed by atoms with van der Waals surface area (Å²) in [6, 6.07) is 0. The highest BCUT2D eigenvalue weighted by Gasteiger charge is 2.21. The van der Waals surface area contributed by atoms with Gasteiger partial charge in [-0.05, 0) is 83.5 Å². The molecule has 0 aromatic carbocycles. The van der Waals surface area contributed by atoms with E-state index in [0.29, 0.717) is 17.4 Å². The van der Waals surface area contributed by atoms with Crippen molar-refractivity contribution in [3.63, 3.8) is 0 Å². The first-order valence-electron chi connectivity index (χ1n) is 23.6. The first-order valence-corrected chi connectivity index (χ1v) is 25.1. The third kappa shape index (κ3) is 46.2. The second-order valence-electron chi connectivity index (χ2n) is 16.4. The molecule has 352 valence electrons. The van der Waals surface area contributed by atoms with E-state index in [1.54, 1.807) is 0 Å². The summed E-state index contributed by atoms with van der Waals surface area (Å²) in [5.41, 5.74) is 0. The summed E-state index contributed by atoms with van der Waals surface area (Å²) in [5, 5.41) is 0. The highest BCUT2D eigenvalue weighted by molar-refractivity contribution is 7.45. The first-order chi connectivity index (χ1) is 30.0. The first kappa shape index (κ1) is 58.7. The summed E-state index contributed by atoms with van der Waals surface area (Å²) >= 11 is 0. The van der Waals surface area contributed by atoms with Crippen LogP contribution in [-0.4, -0.2) is 70.0 Å². The van der Waals surface area contributed by atoms with E-state index in [9.17, 15) is 19.0 Å². The fourth-order valence-electron chi connectivity index (χ4n) is 5.64. The minimum atomic E-state index is -4.63. The lowest BCUT2D eigenvalue weighted by molar-refractivity contribution is -0.870. The van der Waals surface area contributed by atoms with Gasteiger partial charge in [-0.25, -0.2) is 0 Å². The number of ether oxygens (including phenoxy) is 2. The van der Waals surface area contributed by atoms with Gasteiger partial charge in [-0.3, -0.25) is 14.2 Å². The van der Waals surface area contributed by atoms with Crippen LogP contribution >= 0.6 is 7.82 Å². The number of carbonyl (C=O) groups excluding carboxylic acids is 2. The Balaban J connectivity index is 4.13. The Morgan fingerprint density at radius 1 is 0.516 bits per heavy atom. The second-order valence-corrected chi connectivity index (χ2v) is 17.8. The van der Waals surface area contributed by atoms with Crippen molar-refractivity contribution in [2.75, 3.05) is 47.5 Å². The maximum atomic E-state index is 12.6. The molecule has 2 unspecified atom stereocenters. The quantitative estimate of drug-likeness (QED) is 0.0196. The number of nitrogens with zero attached hydrogens (tertiary/aromatic N) is 1. The number of hydrogen-bond acceptors (Lipinski definition) is 8. The lowest BCUT2D eigenvalue weighted by Crippen LogP contribution is -2.37. The predicted octanol–water partition coefficient (Wildman–Crippen LogP) is 13.3. The smallest absolute Gasteiger partial charge is 0.306 e. The van der Waals surface area contributed by atoms with Gasteiger partial charge < -0.3 is 27.9 Å². The van der Waals surface area contributed by atoms with Gasteiger partial charge in [0.15, 0.2) is 6.10 Å². The number of quaternary nitrogens is 1. The van der Waals surface area contributed by atoms with Crippen molar-refractivity contribution in [2.45, 2.75) is 161 Å². The number of allylic oxidation sites excluding steroid dienone is 18. The number of esters is 2. The minimum absolute atomic E-state index is 0.0406. The minimum Gasteiger partial charge on any atom is -0.756 e. The summed E-state index contributed by atoms with van der Waals surface area (Å²) in [5.74, 6) is -0.882. The van der Waals surface area contributed by atoms with Crippen LogP contribution < -0.4 is 4.89 Å². The van der Waals surface area contributed by atoms with Crippen LogP contribution in [0.1, 0.15) is 155 Å². The Hall–Kier alpha value is -3.33. The van der Waals surface area contributed by atoms with Crippen molar-refractivity contribution in [2.24, 2.45) is 0 Å². The van der Waals surface area contributed by atoms with Crippen LogP contribution in [0.25, 0.3) is 0 Å². The molecule has 0 aromatic heterocycles. The fraction of sp³-hybridized carbons (Fsp3) is 0.615. The predicted molar refractivity (Wildman–Crippen MR) is 258 cm³/mol. The van der Waals surface area contributed by atoms with Crippen molar-refractivity contribution in [1.29, 1.82) is 0 Å². The third-order valence-corrected chi connectivity index (χ3v) is 10.3. The molecule has 10 heteroatoms. The van der Waals surface area contributed by atoms with E-state index in [1.165, 1.54) is 0 Å². The Morgan fingerprint density at radius 3 is 1.37 bits per heavy atom. The molecule has 0 amide bonds. The molecule has 0 radical (unpaired) electrons. The summed E-state index contributed by atoms with van der Waals surface area (Å²) in [7, 11) is 1.13. The number of likely N-dealkylation sites (N-methyl/N-ethyl adjacent to an activating group) is 1. The van der Waals surface area contributed by atoms with Gasteiger partial charge in [0.25, 0.3) is 7.82 Å². The zero-order valence-electron chi connectivity index (χ0n) is 39.5. The molecule has 0 aliphatic rings. The van der Waals surface area contributed by atoms with Crippen LogP contribution in [0.2, 0.25) is 0 Å². The van der Waals surface area contributed by atoms with E-state index in [-0.39, 0.29) is 26.1 Å². The molecule has 62 heavy (non-hydrogen) atoms. The van der Waals surface area contributed by atoms with E-state index in [4.69, 9.17) is 18.5 Å². The molecule has 9 nitrogen and oxygen atoms in total. The molecule has 0 aliphatic heterocycles. The molecule has 0 fully saturated rings. The number of phosphoric acid groups is 1. The monoisotopic (exact) mass is 884 g/mol. The molecule has 0 spiro atoms. The molecule has 0 heterocycles. The number of carbonyl (C=O) groups is 2. The van der Waals surface area contributed by atoms with Crippen molar-refractivity contribution in [3.8, 4) is 0 Å². The van der Waals surface area contributed by atoms with E-state index >= 15 is 0 Å². The third-order valence-electron chi connectivity index (χ3n) is 9.31. The van der Waals surface area contributed by atoms with Gasteiger partial charge in [-0.15, -0.1) is 0 Å². The SMILES string of the molecule is CC/C=C\C/C=C\C/C=C\C/C=C\C/C=C\C/C=C\C/C=C\C/C=C\C/C=C\CCCCCCCC(=O)OC(COC(=O)CCCCCCC)COP(=O)([O-])OCC[N+](C)(C)C. The zero-order chi connectivity index (χ0) is 45.7. The summed E-state index contributed by atoms with van der Waals surface area (Å²) in [4.78, 5) is 37.2. The van der Waals surface area contributed by atoms with E-state index in [1.807, 2.05) is 21.1 Å². The molecule has 0 rings (SSSR count). The zero-order valence-corrected chi connectivity index (χ0v) is 40.4. The number of unbranched alkanes of at least 4 members (excludes halogenated alkanes) is 9. The topological polar surface area (TPSA) is 111 Å². The molecule has 0 saturated carbocycles. The van der Waals surface area contributed by atoms with Gasteiger partial charge >= 0.3 is 11.9 Å². The van der Waals surface area contributed by atoms with Crippen LogP contribution in [0.5, 0.6) is 0 Å². The largest absolute Gasteiger partial charge is 0.756 e. The van der Waals surface area contributed by atoms with Gasteiger partial charge in [0.1, 0.15) is 19.8 Å². The molecule has 0 saturated heterocycles. The van der Waals surface area contributed by atoms with Crippen molar-refractivity contribution in [1.82, 2.24) is 0 Å². The van der Waals surface area contributed by atoms with Crippen LogP contribution in [0, 0.1) is 0 Å². The van der Waals surface area contributed by atoms with Crippen LogP contribution in [0.15, 0.2) is 109 Å². The number of hydrogen-bond donors (Lipinski definition) is 0. The fourth-order valence-corrected chi connectivity index (χ4v) is 6.37. The van der Waals surface area contributed by atoms with Crippen LogP contribution in [0.3, 0.4) is 0 Å². The van der Waals surface area contributed by atoms with Crippen molar-refractivity contribution < 1.29 is 42.1 Å². The van der Waals surface area contributed by atoms with Gasteiger partial charge in [0.05, 0.1) is 27.7 Å². The van der Waals surface area contributed by atoms with Gasteiger partial charge in [0, 0.05) is 12.8 Å². The van der Waals surface area contributed by atoms with Crippen LogP contribution in [0.4, 0.5) is 0 Å². The maximum absolute atomic E-state index is 12.6. The lowest BCUT2D eigenvalue weighted by atomic mass is 10.1. The molecule has 2 atom stereocenters. The van der Waals surface area contributed by atoms with Crippen LogP contribution in [-0.2, 0) is 32.7 Å². The van der Waals surface area contributed by atoms with Gasteiger partial charge in [0.2, 0.25) is 0 Å². The van der Waals surface area contributed by atoms with E-state index < -0.39 is 32.5 Å². The molecular weight excluding hydrogens is 798 g/mol. The molecular formula is C52H86NO8P. The highest BCUT2D eigenvalue weighted by Crippen LogP contribution is 2.38. The Bertz CT molecular complexity index is 1420. The van der Waals surface area contributed by atoms with Crippen molar-refractivity contribution in [3.05, 3.63) is 109 Å². The van der Waals surface area contributed by atoms with E-state index in [0.717, 1.165) is 122 Å². The number of phosphoric ester groups is 1. The number of rotatable bonds is 41. The lowest BCUT2D eigenvalue weighted by Gasteiger charge is -2.28. The van der Waals surface area contributed by atoms with E-state index in [2.05, 4.69) is 123 Å². The summed E-state index contributed by atoms with van der Waals surface area (Å²) in [6.07, 6.45) is 58.9. The summed E-state index contributed by atoms with van der Waals surface area (Å²) in [6.45, 7) is 3.95. The average Bonchev–Trinajstić information content (AvgIpc) is 3.22. The highest BCUT2D eigenvalue weighted by atomic mass is 31.2. The Morgan fingerprint density at radius 2 is 0.919 bits per heavy atom. The maximum Gasteiger partial charge on any atom is 0.306 e. The molecule has 0 N–H and O–H groups in total. The van der Waals surface area contributed by atoms with Crippen molar-refractivity contribution >= 4 is 19.8 Å². The van der Waals surface area contributed by atoms with Gasteiger partial charge in [-0.1, -0.05) is 168 Å². The molecule has 0 aliphatic carbocycles. The van der Waals surface area contributed by atoms with Gasteiger partial charge in [-0.2, -0.15) is 0 Å². The summed E-state index contributed by atoms with van der Waals surface area (Å²) < 4.78 is 33.6. The standard InChI is InChI=1S/C52H86NO8P/c1-6-8-10-12-13-14-15-16-17-18-19-20-21-22-23-24-25-26-27-28-29-30-31-32-33-34-35-36-37-38-39-41-43-45-52(55)61-50(48-58-51(54)44-42-40-11-9-7-2)49-60-62(56,57)59-47-46-53(3,4)5/h8,10,13-14,16-17,19-20,22-23,25-26,28-29,31-32,34-35,50H,6-7,9,11-12,15,18,21,24,27,30,33,36-49H2,1-5H3/b10-8-,14-13-,17-16-,20-19-,23-22-,26-25-,29-28-,32-31-,35-34-. The Kier molecular flexibility index (Phi) is 40.6. The Labute approximate surface area is 378 Å². The average molecular weight is 884 g/mol.